The van der Waals surface area contributed by atoms with Crippen molar-refractivity contribution in [3.63, 3.8) is 0 Å². The van der Waals surface area contributed by atoms with Crippen LogP contribution in [0.2, 0.25) is 0 Å². The molecule has 34 heavy (non-hydrogen) atoms. The third-order valence-corrected chi connectivity index (χ3v) is 5.05. The largest absolute Gasteiger partial charge is 0.416 e. The zero-order valence-electron chi connectivity index (χ0n) is 19.3. The van der Waals surface area contributed by atoms with Gasteiger partial charge in [-0.05, 0) is 68.3 Å². The third-order valence-electron chi connectivity index (χ3n) is 5.05. The first-order chi connectivity index (χ1) is 16.4. The van der Waals surface area contributed by atoms with Gasteiger partial charge >= 0.3 is 6.18 Å². The molecule has 1 heterocycles. The number of aromatic nitrogens is 2. The first kappa shape index (κ1) is 24.8. The standard InChI is InChI=1S/C27H26F3N3O/c1-4-7-10-24(31-17-8-5-2)23-18-21(12-11-19(23)9-6-3)26-33-32-25(34-26)20-13-15-22(16-14-20)27(28,29)30/h4,7,10-16,18,31H,6,9,17H2,1-3H3/b7-4-,24-10-. The molecule has 176 valence electrons. The van der Waals surface area contributed by atoms with Crippen LogP contribution in [0, 0.1) is 11.8 Å². The number of halogens is 3. The number of hydrogen-bond acceptors (Lipinski definition) is 4. The van der Waals surface area contributed by atoms with E-state index in [4.69, 9.17) is 4.42 Å². The predicted octanol–water partition coefficient (Wildman–Crippen LogP) is 6.90. The Kier molecular flexibility index (Phi) is 8.31. The van der Waals surface area contributed by atoms with Gasteiger partial charge in [0.05, 0.1) is 12.1 Å². The molecule has 0 spiro atoms. The summed E-state index contributed by atoms with van der Waals surface area (Å²) in [6.07, 6.45) is 3.38. The highest BCUT2D eigenvalue weighted by Crippen LogP contribution is 2.32. The van der Waals surface area contributed by atoms with E-state index in [-0.39, 0.29) is 11.8 Å². The zero-order valence-corrected chi connectivity index (χ0v) is 19.3. The van der Waals surface area contributed by atoms with Gasteiger partial charge in [0.15, 0.2) is 0 Å². The molecule has 0 bridgehead atoms. The maximum Gasteiger partial charge on any atom is 0.416 e. The van der Waals surface area contributed by atoms with Crippen molar-refractivity contribution in [2.75, 3.05) is 6.54 Å². The van der Waals surface area contributed by atoms with E-state index in [1.54, 1.807) is 6.92 Å². The van der Waals surface area contributed by atoms with Crippen molar-refractivity contribution >= 4 is 5.70 Å². The lowest BCUT2D eigenvalue weighted by Gasteiger charge is -2.15. The molecule has 3 aromatic rings. The summed E-state index contributed by atoms with van der Waals surface area (Å²) >= 11 is 0. The van der Waals surface area contributed by atoms with Gasteiger partial charge in [-0.3, -0.25) is 0 Å². The number of hydrogen-bond donors (Lipinski definition) is 1. The van der Waals surface area contributed by atoms with Crippen molar-refractivity contribution in [3.8, 4) is 34.7 Å². The van der Waals surface area contributed by atoms with E-state index in [1.165, 1.54) is 17.7 Å². The Hall–Kier alpha value is -3.79. The van der Waals surface area contributed by atoms with Crippen LogP contribution >= 0.6 is 0 Å². The molecule has 0 saturated carbocycles. The molecular weight excluding hydrogens is 439 g/mol. The van der Waals surface area contributed by atoms with Gasteiger partial charge in [-0.2, -0.15) is 13.2 Å². The maximum absolute atomic E-state index is 12.8. The number of nitrogens with one attached hydrogen (secondary N) is 1. The van der Waals surface area contributed by atoms with E-state index in [1.807, 2.05) is 43.4 Å². The average Bonchev–Trinajstić information content (AvgIpc) is 3.32. The van der Waals surface area contributed by atoms with Gasteiger partial charge in [0.25, 0.3) is 0 Å². The summed E-state index contributed by atoms with van der Waals surface area (Å²) in [5.41, 5.74) is 3.51. The van der Waals surface area contributed by atoms with Crippen LogP contribution in [0.5, 0.6) is 0 Å². The molecule has 0 aliphatic carbocycles. The molecule has 3 rings (SSSR count). The third kappa shape index (κ3) is 6.16. The lowest BCUT2D eigenvalue weighted by molar-refractivity contribution is -0.137. The zero-order chi connectivity index (χ0) is 24.6. The smallest absolute Gasteiger partial charge is 0.416 e. The van der Waals surface area contributed by atoms with Crippen molar-refractivity contribution in [3.05, 3.63) is 77.4 Å². The van der Waals surface area contributed by atoms with Crippen LogP contribution in [0.15, 0.2) is 65.1 Å². The fourth-order valence-corrected chi connectivity index (χ4v) is 3.37. The molecule has 0 fully saturated rings. The Morgan fingerprint density at radius 2 is 1.74 bits per heavy atom. The Morgan fingerprint density at radius 1 is 1.06 bits per heavy atom. The van der Waals surface area contributed by atoms with Crippen LogP contribution < -0.4 is 5.32 Å². The highest BCUT2D eigenvalue weighted by Gasteiger charge is 2.30. The van der Waals surface area contributed by atoms with E-state index in [2.05, 4.69) is 34.3 Å². The average molecular weight is 466 g/mol. The molecule has 7 heteroatoms. The van der Waals surface area contributed by atoms with E-state index in [9.17, 15) is 13.2 Å². The van der Waals surface area contributed by atoms with Crippen LogP contribution in [0.1, 0.15) is 43.9 Å². The Morgan fingerprint density at radius 3 is 2.35 bits per heavy atom. The Labute approximate surface area is 197 Å². The molecule has 0 aliphatic heterocycles. The van der Waals surface area contributed by atoms with Crippen molar-refractivity contribution in [2.24, 2.45) is 0 Å². The van der Waals surface area contributed by atoms with Gasteiger partial charge in [-0.15, -0.1) is 16.1 Å². The molecule has 0 aliphatic rings. The van der Waals surface area contributed by atoms with E-state index >= 15 is 0 Å². The number of aryl methyl sites for hydroxylation is 1. The van der Waals surface area contributed by atoms with Crippen molar-refractivity contribution in [2.45, 2.75) is 39.8 Å². The van der Waals surface area contributed by atoms with Crippen molar-refractivity contribution in [1.82, 2.24) is 15.5 Å². The molecule has 1 aromatic heterocycles. The second-order valence-electron chi connectivity index (χ2n) is 7.50. The van der Waals surface area contributed by atoms with Gasteiger partial charge < -0.3 is 9.73 Å². The number of nitrogens with zero attached hydrogens (tertiary/aromatic N) is 2. The maximum atomic E-state index is 12.8. The summed E-state index contributed by atoms with van der Waals surface area (Å²) < 4.78 is 44.3. The van der Waals surface area contributed by atoms with Gasteiger partial charge in [0.2, 0.25) is 11.8 Å². The van der Waals surface area contributed by atoms with E-state index in [0.29, 0.717) is 12.1 Å². The second kappa shape index (κ2) is 11.4. The van der Waals surface area contributed by atoms with E-state index < -0.39 is 11.7 Å². The minimum Gasteiger partial charge on any atom is -0.416 e. The van der Waals surface area contributed by atoms with Gasteiger partial charge in [0.1, 0.15) is 0 Å². The fourth-order valence-electron chi connectivity index (χ4n) is 3.37. The lowest BCUT2D eigenvalue weighted by Crippen LogP contribution is -2.14. The highest BCUT2D eigenvalue weighted by atomic mass is 19.4. The Balaban J connectivity index is 1.97. The van der Waals surface area contributed by atoms with Crippen LogP contribution in [-0.4, -0.2) is 16.7 Å². The number of allylic oxidation sites excluding steroid dienone is 3. The minimum absolute atomic E-state index is 0.156. The van der Waals surface area contributed by atoms with Gasteiger partial charge in [-0.25, -0.2) is 0 Å². The predicted molar refractivity (Wildman–Crippen MR) is 128 cm³/mol. The molecule has 1 N–H and O–H groups in total. The summed E-state index contributed by atoms with van der Waals surface area (Å²) in [5.74, 6) is 6.35. The quantitative estimate of drug-likeness (QED) is 0.290. The molecule has 0 atom stereocenters. The monoisotopic (exact) mass is 465 g/mol. The normalized spacial score (nSPS) is 12.0. The van der Waals surface area contributed by atoms with Crippen LogP contribution in [0.25, 0.3) is 28.6 Å². The van der Waals surface area contributed by atoms with Crippen molar-refractivity contribution < 1.29 is 17.6 Å². The lowest BCUT2D eigenvalue weighted by atomic mass is 9.97. The first-order valence-electron chi connectivity index (χ1n) is 11.0. The van der Waals surface area contributed by atoms with Gasteiger partial charge in [-0.1, -0.05) is 37.5 Å². The summed E-state index contributed by atoms with van der Waals surface area (Å²) in [6, 6.07) is 10.6. The Bertz CT molecular complexity index is 1230. The SMILES string of the molecule is CC#CCN/C(=C\C=C/C)c1cc(-c2nnc(-c3ccc(C(F)(F)F)cc3)o2)ccc1CCC. The number of alkyl halides is 3. The second-order valence-corrected chi connectivity index (χ2v) is 7.50. The summed E-state index contributed by atoms with van der Waals surface area (Å²) in [7, 11) is 0. The number of rotatable bonds is 8. The highest BCUT2D eigenvalue weighted by molar-refractivity contribution is 5.73. The molecule has 2 aromatic carbocycles. The molecule has 0 amide bonds. The molecule has 0 saturated heterocycles. The molecule has 0 radical (unpaired) electrons. The number of benzene rings is 2. The summed E-state index contributed by atoms with van der Waals surface area (Å²) in [4.78, 5) is 0. The molecule has 0 unspecified atom stereocenters. The summed E-state index contributed by atoms with van der Waals surface area (Å²) in [6.45, 7) is 6.38. The van der Waals surface area contributed by atoms with Crippen LogP contribution in [0.4, 0.5) is 13.2 Å². The van der Waals surface area contributed by atoms with E-state index in [0.717, 1.165) is 41.8 Å². The molecule has 4 nitrogen and oxygen atoms in total. The van der Waals surface area contributed by atoms with Crippen LogP contribution in [0.3, 0.4) is 0 Å². The summed E-state index contributed by atoms with van der Waals surface area (Å²) in [5, 5.41) is 11.5. The van der Waals surface area contributed by atoms with Crippen LogP contribution in [-0.2, 0) is 12.6 Å². The minimum atomic E-state index is -4.40. The first-order valence-corrected chi connectivity index (χ1v) is 11.0. The van der Waals surface area contributed by atoms with Gasteiger partial charge in [0, 0.05) is 22.4 Å². The molecular formula is C27H26F3N3O. The fraction of sp³-hybridized carbons (Fsp3) is 0.259. The topological polar surface area (TPSA) is 51.0 Å². The van der Waals surface area contributed by atoms with Crippen molar-refractivity contribution in [1.29, 1.82) is 0 Å².